The Morgan fingerprint density at radius 1 is 0.692 bits per heavy atom. The van der Waals surface area contributed by atoms with Gasteiger partial charge in [0.25, 0.3) is 0 Å². The third kappa shape index (κ3) is 7.60. The molecule has 16 heteroatoms. The normalized spacial score (nSPS) is 50.5. The molecule has 21 atom stereocenters. The van der Waals surface area contributed by atoms with Gasteiger partial charge in [-0.2, -0.15) is 0 Å². The number of carbonyl (C=O) groups excluding carboxylic acids is 1. The second-order valence-electron chi connectivity index (χ2n) is 22.4. The van der Waals surface area contributed by atoms with Gasteiger partial charge in [0.2, 0.25) is 0 Å². The van der Waals surface area contributed by atoms with Crippen LogP contribution in [0.5, 0.6) is 0 Å². The third-order valence-corrected chi connectivity index (χ3v) is 18.9. The molecule has 8 rings (SSSR count). The zero-order chi connectivity index (χ0) is 47.2. The average molecular weight is 919 g/mol. The van der Waals surface area contributed by atoms with Crippen LogP contribution in [0.2, 0.25) is 0 Å². The van der Waals surface area contributed by atoms with Crippen molar-refractivity contribution in [2.24, 2.45) is 50.2 Å². The molecule has 366 valence electrons. The summed E-state index contributed by atoms with van der Waals surface area (Å²) in [6.45, 7) is 11.2. The summed E-state index contributed by atoms with van der Waals surface area (Å²) in [6, 6.07) is 8.88. The van der Waals surface area contributed by atoms with E-state index in [0.29, 0.717) is 44.1 Å². The van der Waals surface area contributed by atoms with Crippen LogP contribution in [0.25, 0.3) is 0 Å². The predicted molar refractivity (Wildman–Crippen MR) is 231 cm³/mol. The van der Waals surface area contributed by atoms with Gasteiger partial charge in [-0.05, 0) is 103 Å². The lowest BCUT2D eigenvalue weighted by molar-refractivity contribution is -0.379. The smallest absolute Gasteiger partial charge is 0.338 e. The summed E-state index contributed by atoms with van der Waals surface area (Å²) in [4.78, 5) is 13.9. The maximum Gasteiger partial charge on any atom is 0.338 e. The van der Waals surface area contributed by atoms with Gasteiger partial charge in [0.05, 0.1) is 44.2 Å². The lowest BCUT2D eigenvalue weighted by atomic mass is 9.33. The summed E-state index contributed by atoms with van der Waals surface area (Å²) in [5.41, 5.74) is -1.68. The Morgan fingerprint density at radius 2 is 1.34 bits per heavy atom. The van der Waals surface area contributed by atoms with E-state index in [1.54, 1.807) is 24.3 Å². The van der Waals surface area contributed by atoms with Gasteiger partial charge < -0.3 is 74.7 Å². The lowest BCUT2D eigenvalue weighted by Gasteiger charge is -2.72. The number of aliphatic hydroxyl groups is 10. The quantitative estimate of drug-likeness (QED) is 0.0907. The molecule has 16 nitrogen and oxygen atoms in total. The minimum absolute atomic E-state index is 0.0940. The molecule has 10 N–H and O–H groups in total. The van der Waals surface area contributed by atoms with Gasteiger partial charge in [0, 0.05) is 10.8 Å². The van der Waals surface area contributed by atoms with Crippen molar-refractivity contribution in [1.29, 1.82) is 0 Å². The van der Waals surface area contributed by atoms with Crippen molar-refractivity contribution in [3.05, 3.63) is 47.5 Å². The first kappa shape index (κ1) is 49.3. The molecule has 7 aliphatic rings. The van der Waals surface area contributed by atoms with E-state index < -0.39 is 121 Å². The molecule has 0 aromatic heterocycles. The van der Waals surface area contributed by atoms with Gasteiger partial charge >= 0.3 is 5.97 Å². The largest absolute Gasteiger partial charge is 0.458 e. The Balaban J connectivity index is 1.10. The molecule has 2 aliphatic heterocycles. The predicted octanol–water partition coefficient (Wildman–Crippen LogP) is 1.57. The van der Waals surface area contributed by atoms with Gasteiger partial charge in [-0.1, -0.05) is 71.4 Å². The van der Waals surface area contributed by atoms with Crippen molar-refractivity contribution in [1.82, 2.24) is 0 Å². The fraction of sp³-hybridized carbons (Fsp3) is 0.816. The number of benzene rings is 1. The van der Waals surface area contributed by atoms with Crippen LogP contribution in [-0.4, -0.2) is 163 Å². The first-order valence-electron chi connectivity index (χ1n) is 23.7. The molecule has 2 saturated heterocycles. The van der Waals surface area contributed by atoms with E-state index in [0.717, 1.165) is 12.8 Å². The highest BCUT2D eigenvalue weighted by Crippen LogP contribution is 2.76. The molecular formula is C49H74O16. The fourth-order valence-electron chi connectivity index (χ4n) is 14.7. The number of fused-ring (bicyclic) bond motifs is 7. The summed E-state index contributed by atoms with van der Waals surface area (Å²) in [6.07, 6.45) is -10.9. The third-order valence-electron chi connectivity index (χ3n) is 18.9. The average Bonchev–Trinajstić information content (AvgIpc) is 3.28. The van der Waals surface area contributed by atoms with Gasteiger partial charge in [-0.25, -0.2) is 4.79 Å². The number of allylic oxidation sites excluding steroid dienone is 2. The second kappa shape index (κ2) is 17.7. The minimum atomic E-state index is -1.82. The standard InChI is InChI=1S/C49H74O16/c1-44(2)18-27-26-12-13-31-45(3)16-15-33(64-43-40(38(58)36(56)29(22-51)62-43)65-42-39(59)37(57)35(55)28(21-50)61-42)46(4,23-52)30(45)14-17-47(31,5)48(26,6)20-34(49(27,24-53)19-32(44)54)63-41(60)25-10-8-7-9-11-25/h7-12,27-40,42-43,50-59H,13-24H2,1-6H3/t27-,28-,29-,30+,31-,32-,33+,34+,35-,36-,37+,38+,39-,40-,42+,43+,45-,46+,47+,48-,49-/m1/s1. The SMILES string of the molecule is CC1(C)C[C@@H]2C3=CC[C@@H]4[C@]5(C)CC[C@H](O[C@@H]6O[C@H](CO)[C@@H](O)[C@H](O)[C@H]6O[C@@H]6O[C@H](CO)[C@@H](O)[C@H](O)[C@H]6O)[C@@](C)(CO)[C@H]5CC[C@]4(C)[C@]3(C)C[C@H](OC(=O)c3ccccc3)[C@@]2(CO)C[C@H]1O. The number of hydrogen-bond acceptors (Lipinski definition) is 16. The maximum atomic E-state index is 13.9. The van der Waals surface area contributed by atoms with Crippen LogP contribution < -0.4 is 0 Å². The minimum Gasteiger partial charge on any atom is -0.458 e. The highest BCUT2D eigenvalue weighted by molar-refractivity contribution is 5.89. The number of aliphatic hydroxyl groups excluding tert-OH is 10. The zero-order valence-corrected chi connectivity index (χ0v) is 38.6. The number of hydrogen-bond donors (Lipinski definition) is 10. The van der Waals surface area contributed by atoms with Crippen LogP contribution in [0.3, 0.4) is 0 Å². The summed E-state index contributed by atoms with van der Waals surface area (Å²) in [5, 5.41) is 109. The maximum absolute atomic E-state index is 13.9. The molecule has 0 bridgehead atoms. The highest BCUT2D eigenvalue weighted by atomic mass is 16.8. The Morgan fingerprint density at radius 3 is 1.97 bits per heavy atom. The monoisotopic (exact) mass is 918 g/mol. The molecular weight excluding hydrogens is 845 g/mol. The summed E-state index contributed by atoms with van der Waals surface area (Å²) < 4.78 is 31.0. The molecule has 0 radical (unpaired) electrons. The molecule has 6 fully saturated rings. The molecule has 1 aromatic rings. The van der Waals surface area contributed by atoms with Gasteiger partial charge in [-0.15, -0.1) is 0 Å². The van der Waals surface area contributed by atoms with Crippen LogP contribution in [0.1, 0.15) is 103 Å². The van der Waals surface area contributed by atoms with Gasteiger partial charge in [-0.3, -0.25) is 0 Å². The molecule has 0 amide bonds. The van der Waals surface area contributed by atoms with E-state index in [4.69, 9.17) is 23.7 Å². The van der Waals surface area contributed by atoms with Crippen LogP contribution in [0, 0.1) is 50.2 Å². The zero-order valence-electron chi connectivity index (χ0n) is 38.6. The fourth-order valence-corrected chi connectivity index (χ4v) is 14.7. The van der Waals surface area contributed by atoms with E-state index in [2.05, 4.69) is 40.7 Å². The second-order valence-corrected chi connectivity index (χ2v) is 22.4. The Labute approximate surface area is 381 Å². The van der Waals surface area contributed by atoms with Crippen molar-refractivity contribution in [3.63, 3.8) is 0 Å². The summed E-state index contributed by atoms with van der Waals surface area (Å²) in [7, 11) is 0. The highest BCUT2D eigenvalue weighted by Gasteiger charge is 2.72. The number of carbonyl (C=O) groups is 1. The molecule has 2 heterocycles. The Hall–Kier alpha value is -2.13. The van der Waals surface area contributed by atoms with Crippen LogP contribution in [-0.2, 0) is 23.7 Å². The molecule has 0 unspecified atom stereocenters. The number of rotatable bonds is 10. The summed E-state index contributed by atoms with van der Waals surface area (Å²) >= 11 is 0. The van der Waals surface area contributed by atoms with Crippen molar-refractivity contribution in [3.8, 4) is 0 Å². The van der Waals surface area contributed by atoms with Crippen molar-refractivity contribution >= 4 is 5.97 Å². The van der Waals surface area contributed by atoms with E-state index in [-0.39, 0.29) is 41.8 Å². The molecule has 65 heavy (non-hydrogen) atoms. The first-order chi connectivity index (χ1) is 30.6. The number of ether oxygens (including phenoxy) is 5. The van der Waals surface area contributed by atoms with Crippen molar-refractivity contribution in [2.75, 3.05) is 26.4 Å². The van der Waals surface area contributed by atoms with Crippen molar-refractivity contribution in [2.45, 2.75) is 173 Å². The van der Waals surface area contributed by atoms with Crippen LogP contribution >= 0.6 is 0 Å². The lowest BCUT2D eigenvalue weighted by Crippen LogP contribution is -2.69. The molecule has 4 saturated carbocycles. The van der Waals surface area contributed by atoms with E-state index in [1.165, 1.54) is 5.57 Å². The topological polar surface area (TPSA) is 266 Å². The Bertz CT molecular complexity index is 1900. The summed E-state index contributed by atoms with van der Waals surface area (Å²) in [5.74, 6) is -0.604. The number of esters is 1. The van der Waals surface area contributed by atoms with E-state index in [1.807, 2.05) is 13.0 Å². The van der Waals surface area contributed by atoms with Crippen LogP contribution in [0.15, 0.2) is 42.0 Å². The first-order valence-corrected chi connectivity index (χ1v) is 23.7. The van der Waals surface area contributed by atoms with E-state index >= 15 is 0 Å². The van der Waals surface area contributed by atoms with Crippen molar-refractivity contribution < 1.29 is 79.5 Å². The molecule has 5 aliphatic carbocycles. The Kier molecular flexibility index (Phi) is 13.4. The molecule has 1 aromatic carbocycles. The van der Waals surface area contributed by atoms with Crippen LogP contribution in [0.4, 0.5) is 0 Å². The molecule has 0 spiro atoms. The van der Waals surface area contributed by atoms with Gasteiger partial charge in [0.15, 0.2) is 12.6 Å². The van der Waals surface area contributed by atoms with E-state index in [9.17, 15) is 55.9 Å². The van der Waals surface area contributed by atoms with Gasteiger partial charge in [0.1, 0.15) is 54.9 Å².